The summed E-state index contributed by atoms with van der Waals surface area (Å²) in [5, 5.41) is 3.26. The van der Waals surface area contributed by atoms with Crippen LogP contribution in [0.4, 0.5) is 20.3 Å². The molecule has 9 heteroatoms. The number of nitrogens with zero attached hydrogens (tertiary/aromatic N) is 3. The van der Waals surface area contributed by atoms with Crippen LogP contribution in [0.25, 0.3) is 11.3 Å². The highest BCUT2D eigenvalue weighted by Gasteiger charge is 2.29. The molecule has 0 aliphatic carbocycles. The fourth-order valence-electron chi connectivity index (χ4n) is 4.01. The van der Waals surface area contributed by atoms with Gasteiger partial charge in [0.25, 0.3) is 0 Å². The van der Waals surface area contributed by atoms with Crippen LogP contribution in [0.1, 0.15) is 26.1 Å². The molecule has 33 heavy (non-hydrogen) atoms. The van der Waals surface area contributed by atoms with Crippen molar-refractivity contribution in [1.82, 2.24) is 14.5 Å². The number of hydrogen-bond donors (Lipinski definition) is 2. The highest BCUT2D eigenvalue weighted by molar-refractivity contribution is 6.30. The molecule has 0 radical (unpaired) electrons. The van der Waals surface area contributed by atoms with E-state index < -0.39 is 11.9 Å². The van der Waals surface area contributed by atoms with Crippen LogP contribution < -0.4 is 11.1 Å². The Morgan fingerprint density at radius 2 is 1.91 bits per heavy atom. The summed E-state index contributed by atoms with van der Waals surface area (Å²) < 4.78 is 29.5. The Kier molecular flexibility index (Phi) is 6.67. The quantitative estimate of drug-likeness (QED) is 0.531. The standard InChI is InChI=1S/C24H26ClF2N5O/c1-14(2)11-20(28)24(33)31-9-10-32-21(13-31)30-22(15-3-5-16(26)6-4-15)23(32)29-17-7-8-18(25)19(27)12-17/h3-8,12,14,20,29H,9-11,13,28H2,1-2H3/t20-/m0/s1. The van der Waals surface area contributed by atoms with E-state index in [1.807, 2.05) is 18.4 Å². The summed E-state index contributed by atoms with van der Waals surface area (Å²) in [5.41, 5.74) is 7.91. The lowest BCUT2D eigenvalue weighted by Crippen LogP contribution is -2.47. The van der Waals surface area contributed by atoms with E-state index in [-0.39, 0.29) is 16.7 Å². The second kappa shape index (κ2) is 9.49. The van der Waals surface area contributed by atoms with Gasteiger partial charge >= 0.3 is 0 Å². The van der Waals surface area contributed by atoms with E-state index in [1.165, 1.54) is 24.3 Å². The summed E-state index contributed by atoms with van der Waals surface area (Å²) >= 11 is 5.82. The van der Waals surface area contributed by atoms with Gasteiger partial charge in [-0.3, -0.25) is 4.79 Å². The van der Waals surface area contributed by atoms with Crippen molar-refractivity contribution in [3.8, 4) is 11.3 Å². The van der Waals surface area contributed by atoms with Gasteiger partial charge in [-0.1, -0.05) is 25.4 Å². The summed E-state index contributed by atoms with van der Waals surface area (Å²) in [4.78, 5) is 19.3. The number of nitrogens with two attached hydrogens (primary N) is 1. The summed E-state index contributed by atoms with van der Waals surface area (Å²) in [7, 11) is 0. The first-order valence-electron chi connectivity index (χ1n) is 10.8. The first kappa shape index (κ1) is 23.2. The lowest BCUT2D eigenvalue weighted by atomic mass is 10.0. The molecule has 1 aromatic heterocycles. The maximum Gasteiger partial charge on any atom is 0.239 e. The van der Waals surface area contributed by atoms with Crippen LogP contribution in [0.2, 0.25) is 5.02 Å². The van der Waals surface area contributed by atoms with Crippen molar-refractivity contribution >= 4 is 29.0 Å². The zero-order valence-corrected chi connectivity index (χ0v) is 19.2. The summed E-state index contributed by atoms with van der Waals surface area (Å²) in [5.74, 6) is 0.624. The molecule has 2 heterocycles. The molecule has 0 saturated carbocycles. The summed E-state index contributed by atoms with van der Waals surface area (Å²) in [6, 6.07) is 9.89. The molecular formula is C24H26ClF2N5O. The van der Waals surface area contributed by atoms with Crippen LogP contribution in [0.5, 0.6) is 0 Å². The predicted molar refractivity (Wildman–Crippen MR) is 125 cm³/mol. The lowest BCUT2D eigenvalue weighted by molar-refractivity contribution is -0.134. The highest BCUT2D eigenvalue weighted by atomic mass is 35.5. The number of fused-ring (bicyclic) bond motifs is 1. The molecule has 0 unspecified atom stereocenters. The van der Waals surface area contributed by atoms with Crippen LogP contribution in [0.15, 0.2) is 42.5 Å². The van der Waals surface area contributed by atoms with Gasteiger partial charge < -0.3 is 20.5 Å². The van der Waals surface area contributed by atoms with Crippen molar-refractivity contribution in [2.45, 2.75) is 39.4 Å². The van der Waals surface area contributed by atoms with Crippen molar-refractivity contribution < 1.29 is 13.6 Å². The van der Waals surface area contributed by atoms with Gasteiger partial charge in [0.2, 0.25) is 5.91 Å². The topological polar surface area (TPSA) is 76.2 Å². The Morgan fingerprint density at radius 3 is 2.58 bits per heavy atom. The summed E-state index contributed by atoms with van der Waals surface area (Å²) in [6.07, 6.45) is 0.611. The number of hydrogen-bond acceptors (Lipinski definition) is 4. The van der Waals surface area contributed by atoms with Gasteiger partial charge in [-0.15, -0.1) is 0 Å². The molecule has 0 spiro atoms. The number of anilines is 2. The predicted octanol–water partition coefficient (Wildman–Crippen LogP) is 4.94. The van der Waals surface area contributed by atoms with E-state index in [9.17, 15) is 13.6 Å². The molecule has 174 valence electrons. The number of benzene rings is 2. The van der Waals surface area contributed by atoms with Crippen LogP contribution in [-0.2, 0) is 17.9 Å². The first-order valence-corrected chi connectivity index (χ1v) is 11.2. The van der Waals surface area contributed by atoms with Crippen molar-refractivity contribution in [3.05, 3.63) is 64.9 Å². The van der Waals surface area contributed by atoms with E-state index >= 15 is 0 Å². The van der Waals surface area contributed by atoms with Crippen LogP contribution in [0, 0.1) is 17.6 Å². The highest BCUT2D eigenvalue weighted by Crippen LogP contribution is 2.34. The number of carbonyl (C=O) groups is 1. The molecular weight excluding hydrogens is 448 g/mol. The maximum atomic E-state index is 14.0. The average molecular weight is 474 g/mol. The third-order valence-electron chi connectivity index (χ3n) is 5.63. The number of amides is 1. The Balaban J connectivity index is 1.69. The van der Waals surface area contributed by atoms with Crippen LogP contribution >= 0.6 is 11.6 Å². The zero-order valence-electron chi connectivity index (χ0n) is 18.5. The van der Waals surface area contributed by atoms with Crippen molar-refractivity contribution in [3.63, 3.8) is 0 Å². The monoisotopic (exact) mass is 473 g/mol. The Bertz CT molecular complexity index is 1160. The molecule has 0 saturated heterocycles. The zero-order chi connectivity index (χ0) is 23.7. The molecule has 3 aromatic rings. The smallest absolute Gasteiger partial charge is 0.239 e. The van der Waals surface area contributed by atoms with Gasteiger partial charge in [0.1, 0.15) is 29.0 Å². The third kappa shape index (κ3) is 5.02. The second-order valence-corrected chi connectivity index (χ2v) is 9.04. The van der Waals surface area contributed by atoms with Gasteiger partial charge in [-0.25, -0.2) is 13.8 Å². The molecule has 0 bridgehead atoms. The van der Waals surface area contributed by atoms with Crippen LogP contribution in [-0.4, -0.2) is 32.9 Å². The number of nitrogens with one attached hydrogen (secondary N) is 1. The van der Waals surface area contributed by atoms with Gasteiger partial charge in [-0.05, 0) is 54.8 Å². The van der Waals surface area contributed by atoms with Crippen molar-refractivity contribution in [1.29, 1.82) is 0 Å². The van der Waals surface area contributed by atoms with Crippen molar-refractivity contribution in [2.24, 2.45) is 11.7 Å². The average Bonchev–Trinajstić information content (AvgIpc) is 3.13. The maximum absolute atomic E-state index is 14.0. The van der Waals surface area contributed by atoms with Gasteiger partial charge in [-0.2, -0.15) is 0 Å². The Hall–Kier alpha value is -2.97. The number of carbonyl (C=O) groups excluding carboxylic acids is 1. The minimum Gasteiger partial charge on any atom is -0.340 e. The minimum absolute atomic E-state index is 0.0292. The normalized spacial score (nSPS) is 14.3. The van der Waals surface area contributed by atoms with Crippen molar-refractivity contribution in [2.75, 3.05) is 11.9 Å². The number of halogens is 3. The fraction of sp³-hybridized carbons (Fsp3) is 0.333. The molecule has 1 atom stereocenters. The lowest BCUT2D eigenvalue weighted by Gasteiger charge is -2.31. The van der Waals surface area contributed by atoms with Crippen LogP contribution in [0.3, 0.4) is 0 Å². The van der Waals surface area contributed by atoms with Gasteiger partial charge in [0.05, 0.1) is 17.6 Å². The molecule has 1 aliphatic heterocycles. The van der Waals surface area contributed by atoms with E-state index in [0.717, 1.165) is 0 Å². The minimum atomic E-state index is -0.558. The van der Waals surface area contributed by atoms with Gasteiger partial charge in [0, 0.05) is 24.3 Å². The second-order valence-electron chi connectivity index (χ2n) is 8.63. The molecule has 1 amide bonds. The molecule has 3 N–H and O–H groups in total. The van der Waals surface area contributed by atoms with E-state index in [2.05, 4.69) is 5.32 Å². The molecule has 0 fully saturated rings. The molecule has 1 aliphatic rings. The number of imidazole rings is 1. The van der Waals surface area contributed by atoms with E-state index in [4.69, 9.17) is 22.3 Å². The molecule has 2 aromatic carbocycles. The largest absolute Gasteiger partial charge is 0.340 e. The number of rotatable bonds is 6. The van der Waals surface area contributed by atoms with E-state index in [0.29, 0.717) is 60.6 Å². The van der Waals surface area contributed by atoms with E-state index in [1.54, 1.807) is 23.1 Å². The third-order valence-corrected chi connectivity index (χ3v) is 5.93. The Morgan fingerprint density at radius 1 is 1.18 bits per heavy atom. The fourth-order valence-corrected chi connectivity index (χ4v) is 4.13. The first-order chi connectivity index (χ1) is 15.7. The number of aromatic nitrogens is 2. The summed E-state index contributed by atoms with van der Waals surface area (Å²) in [6.45, 7) is 5.32. The SMILES string of the molecule is CC(C)C[C@H](N)C(=O)N1CCn2c(nc(-c3ccc(F)cc3)c2Nc2ccc(Cl)c(F)c2)C1. The van der Waals surface area contributed by atoms with Gasteiger partial charge in [0.15, 0.2) is 0 Å². The molecule has 4 rings (SSSR count). The molecule has 6 nitrogen and oxygen atoms in total. The Labute approximate surface area is 196 Å².